The molecule has 0 spiro atoms. The maximum atomic E-state index is 12.0. The minimum absolute atomic E-state index is 0.116. The van der Waals surface area contributed by atoms with Gasteiger partial charge >= 0.3 is 0 Å². The number of amides is 1. The average Bonchev–Trinajstić information content (AvgIpc) is 2.49. The number of rotatable bonds is 9. The molecular formula is C15H23NO4. The third-order valence-corrected chi connectivity index (χ3v) is 2.83. The lowest BCUT2D eigenvalue weighted by atomic mass is 10.2. The normalized spacial score (nSPS) is 11.8. The van der Waals surface area contributed by atoms with E-state index in [2.05, 4.69) is 5.32 Å². The second-order valence-electron chi connectivity index (χ2n) is 4.30. The van der Waals surface area contributed by atoms with E-state index in [9.17, 15) is 4.79 Å². The highest BCUT2D eigenvalue weighted by Crippen LogP contribution is 2.27. The van der Waals surface area contributed by atoms with Crippen molar-refractivity contribution in [2.24, 2.45) is 0 Å². The minimum Gasteiger partial charge on any atom is -0.493 e. The monoisotopic (exact) mass is 281 g/mol. The van der Waals surface area contributed by atoms with Crippen LogP contribution in [0.25, 0.3) is 0 Å². The van der Waals surface area contributed by atoms with Crippen molar-refractivity contribution in [3.05, 3.63) is 24.3 Å². The molecule has 1 N–H and O–H groups in total. The maximum Gasteiger partial charge on any atom is 0.261 e. The molecule has 1 rings (SSSR count). The van der Waals surface area contributed by atoms with Gasteiger partial charge in [-0.25, -0.2) is 0 Å². The Balaban J connectivity index is 2.55. The fraction of sp³-hybridized carbons (Fsp3) is 0.533. The van der Waals surface area contributed by atoms with Crippen molar-refractivity contribution in [1.82, 2.24) is 5.32 Å². The van der Waals surface area contributed by atoms with Gasteiger partial charge in [0.2, 0.25) is 0 Å². The highest BCUT2D eigenvalue weighted by atomic mass is 16.5. The molecule has 1 atom stereocenters. The first-order valence-electron chi connectivity index (χ1n) is 6.79. The van der Waals surface area contributed by atoms with Crippen LogP contribution in [0, 0.1) is 0 Å². The van der Waals surface area contributed by atoms with Crippen molar-refractivity contribution in [2.75, 3.05) is 27.4 Å². The summed E-state index contributed by atoms with van der Waals surface area (Å²) in [7, 11) is 3.22. The van der Waals surface area contributed by atoms with Crippen molar-refractivity contribution < 1.29 is 19.0 Å². The van der Waals surface area contributed by atoms with Gasteiger partial charge in [-0.3, -0.25) is 4.79 Å². The predicted octanol–water partition coefficient (Wildman–Crippen LogP) is 2.01. The van der Waals surface area contributed by atoms with Gasteiger partial charge in [0.05, 0.1) is 7.11 Å². The number of carbonyl (C=O) groups excluding carboxylic acids is 1. The third kappa shape index (κ3) is 5.09. The maximum absolute atomic E-state index is 12.0. The number of hydrogen-bond acceptors (Lipinski definition) is 4. The smallest absolute Gasteiger partial charge is 0.261 e. The molecule has 5 nitrogen and oxygen atoms in total. The first kappa shape index (κ1) is 16.3. The Bertz CT molecular complexity index is 409. The van der Waals surface area contributed by atoms with Crippen LogP contribution in [0.5, 0.6) is 11.5 Å². The summed E-state index contributed by atoms with van der Waals surface area (Å²) in [6.07, 6.45) is 0.857. The summed E-state index contributed by atoms with van der Waals surface area (Å²) in [4.78, 5) is 12.0. The van der Waals surface area contributed by atoms with Crippen molar-refractivity contribution in [1.29, 1.82) is 0 Å². The summed E-state index contributed by atoms with van der Waals surface area (Å²) in [5, 5.41) is 2.84. The van der Waals surface area contributed by atoms with Crippen LogP contribution in [-0.4, -0.2) is 39.4 Å². The zero-order valence-corrected chi connectivity index (χ0v) is 12.3. The number of methoxy groups -OCH3 is 2. The topological polar surface area (TPSA) is 56.8 Å². The summed E-state index contributed by atoms with van der Waals surface area (Å²) in [6.45, 7) is 3.12. The van der Waals surface area contributed by atoms with E-state index >= 15 is 0 Å². The van der Waals surface area contributed by atoms with E-state index in [-0.39, 0.29) is 5.91 Å². The van der Waals surface area contributed by atoms with E-state index in [0.29, 0.717) is 31.1 Å². The summed E-state index contributed by atoms with van der Waals surface area (Å²) in [5.74, 6) is 1.08. The Morgan fingerprint density at radius 2 is 1.95 bits per heavy atom. The molecule has 0 heterocycles. The Hall–Kier alpha value is -1.75. The van der Waals surface area contributed by atoms with Crippen LogP contribution < -0.4 is 14.8 Å². The van der Waals surface area contributed by atoms with Gasteiger partial charge in [-0.2, -0.15) is 0 Å². The van der Waals surface area contributed by atoms with Crippen LogP contribution in [-0.2, 0) is 9.53 Å². The van der Waals surface area contributed by atoms with Crippen LogP contribution in [0.1, 0.15) is 19.8 Å². The van der Waals surface area contributed by atoms with E-state index in [4.69, 9.17) is 14.2 Å². The molecule has 0 radical (unpaired) electrons. The third-order valence-electron chi connectivity index (χ3n) is 2.83. The van der Waals surface area contributed by atoms with Gasteiger partial charge in [-0.05, 0) is 25.0 Å². The summed E-state index contributed by atoms with van der Waals surface area (Å²) >= 11 is 0. The molecule has 112 valence electrons. The molecule has 5 heteroatoms. The Kier molecular flexibility index (Phi) is 7.50. The first-order valence-corrected chi connectivity index (χ1v) is 6.79. The standard InChI is InChI=1S/C15H23NO4/c1-4-12(15(17)16-10-7-11-18-2)20-14-9-6-5-8-13(14)19-3/h5-6,8-9,12H,4,7,10-11H2,1-3H3,(H,16,17)/t12-/m0/s1. The van der Waals surface area contributed by atoms with E-state index < -0.39 is 6.10 Å². The van der Waals surface area contributed by atoms with Gasteiger partial charge in [0.1, 0.15) is 0 Å². The average molecular weight is 281 g/mol. The molecule has 0 saturated carbocycles. The molecule has 0 bridgehead atoms. The quantitative estimate of drug-likeness (QED) is 0.703. The van der Waals surface area contributed by atoms with Crippen LogP contribution >= 0.6 is 0 Å². The molecule has 1 amide bonds. The van der Waals surface area contributed by atoms with Gasteiger partial charge in [-0.15, -0.1) is 0 Å². The molecule has 1 aromatic rings. The zero-order valence-electron chi connectivity index (χ0n) is 12.3. The van der Waals surface area contributed by atoms with Crippen LogP contribution in [0.4, 0.5) is 0 Å². The molecular weight excluding hydrogens is 258 g/mol. The van der Waals surface area contributed by atoms with Crippen LogP contribution in [0.2, 0.25) is 0 Å². The van der Waals surface area contributed by atoms with E-state index in [1.54, 1.807) is 26.4 Å². The highest BCUT2D eigenvalue weighted by molar-refractivity contribution is 5.81. The number of hydrogen-bond donors (Lipinski definition) is 1. The van der Waals surface area contributed by atoms with Gasteiger partial charge in [0.25, 0.3) is 5.91 Å². The zero-order chi connectivity index (χ0) is 14.8. The predicted molar refractivity (Wildman–Crippen MR) is 77.2 cm³/mol. The first-order chi connectivity index (χ1) is 9.72. The van der Waals surface area contributed by atoms with Crippen LogP contribution in [0.15, 0.2) is 24.3 Å². The molecule has 0 aliphatic heterocycles. The minimum atomic E-state index is -0.520. The Morgan fingerprint density at radius 1 is 1.25 bits per heavy atom. The lowest BCUT2D eigenvalue weighted by Crippen LogP contribution is -2.38. The fourth-order valence-electron chi connectivity index (χ4n) is 1.73. The molecule has 0 saturated heterocycles. The van der Waals surface area contributed by atoms with Gasteiger partial charge in [0.15, 0.2) is 17.6 Å². The Labute approximate surface area is 120 Å². The molecule has 1 aromatic carbocycles. The number of carbonyl (C=O) groups is 1. The van der Waals surface area contributed by atoms with Gasteiger partial charge in [-0.1, -0.05) is 19.1 Å². The van der Waals surface area contributed by atoms with Gasteiger partial charge in [0, 0.05) is 20.3 Å². The summed E-state index contributed by atoms with van der Waals surface area (Å²) in [6, 6.07) is 7.30. The fourth-order valence-corrected chi connectivity index (χ4v) is 1.73. The van der Waals surface area contributed by atoms with Gasteiger partial charge < -0.3 is 19.5 Å². The molecule has 0 unspecified atom stereocenters. The molecule has 0 aliphatic rings. The number of nitrogens with one attached hydrogen (secondary N) is 1. The number of ether oxygens (including phenoxy) is 3. The van der Waals surface area contributed by atoms with E-state index in [1.807, 2.05) is 19.1 Å². The highest BCUT2D eigenvalue weighted by Gasteiger charge is 2.19. The van der Waals surface area contributed by atoms with E-state index in [1.165, 1.54) is 0 Å². The summed E-state index contributed by atoms with van der Waals surface area (Å²) in [5.41, 5.74) is 0. The SMILES string of the molecule is CC[C@H](Oc1ccccc1OC)C(=O)NCCCOC. The lowest BCUT2D eigenvalue weighted by Gasteiger charge is -2.18. The van der Waals surface area contributed by atoms with Crippen LogP contribution in [0.3, 0.4) is 0 Å². The summed E-state index contributed by atoms with van der Waals surface area (Å²) < 4.78 is 15.9. The molecule has 0 aliphatic carbocycles. The van der Waals surface area contributed by atoms with Crippen molar-refractivity contribution >= 4 is 5.91 Å². The second kappa shape index (κ2) is 9.20. The Morgan fingerprint density at radius 3 is 2.55 bits per heavy atom. The molecule has 0 aromatic heterocycles. The van der Waals surface area contributed by atoms with Crippen molar-refractivity contribution in [2.45, 2.75) is 25.9 Å². The van der Waals surface area contributed by atoms with E-state index in [0.717, 1.165) is 6.42 Å². The van der Waals surface area contributed by atoms with Crippen molar-refractivity contribution in [3.8, 4) is 11.5 Å². The largest absolute Gasteiger partial charge is 0.493 e. The van der Waals surface area contributed by atoms with Crippen molar-refractivity contribution in [3.63, 3.8) is 0 Å². The molecule has 20 heavy (non-hydrogen) atoms. The lowest BCUT2D eigenvalue weighted by molar-refractivity contribution is -0.128. The second-order valence-corrected chi connectivity index (χ2v) is 4.30. The molecule has 0 fully saturated rings. The number of para-hydroxylation sites is 2. The number of benzene rings is 1.